The Hall–Kier alpha value is -3.15. The van der Waals surface area contributed by atoms with Crippen LogP contribution in [0.25, 0.3) is 22.3 Å². The Morgan fingerprint density at radius 3 is 2.24 bits per heavy atom. The van der Waals surface area contributed by atoms with Crippen molar-refractivity contribution in [1.82, 2.24) is 14.9 Å². The molecule has 0 radical (unpaired) electrons. The SMILES string of the molecule is CC(C)(C)OC(=O)N1CCN(c2nc(-c3ccccc3)nc3ccccc23)CC1. The van der Waals surface area contributed by atoms with Gasteiger partial charge in [0.1, 0.15) is 11.4 Å². The lowest BCUT2D eigenvalue weighted by molar-refractivity contribution is 0.0240. The second-order valence-electron chi connectivity index (χ2n) is 8.21. The Kier molecular flexibility index (Phi) is 5.09. The topological polar surface area (TPSA) is 58.6 Å². The third kappa shape index (κ3) is 4.31. The molecule has 6 heteroatoms. The van der Waals surface area contributed by atoms with Crippen molar-refractivity contribution in [2.75, 3.05) is 31.1 Å². The first kappa shape index (κ1) is 19.2. The Bertz CT molecular complexity index is 1010. The molecular weight excluding hydrogens is 364 g/mol. The smallest absolute Gasteiger partial charge is 0.410 e. The van der Waals surface area contributed by atoms with E-state index in [0.717, 1.165) is 22.3 Å². The van der Waals surface area contributed by atoms with Gasteiger partial charge in [-0.2, -0.15) is 0 Å². The normalized spacial score (nSPS) is 14.9. The minimum absolute atomic E-state index is 0.255. The summed E-state index contributed by atoms with van der Waals surface area (Å²) in [4.78, 5) is 26.0. The van der Waals surface area contributed by atoms with Gasteiger partial charge in [-0.15, -0.1) is 0 Å². The predicted octanol–water partition coefficient (Wildman–Crippen LogP) is 4.35. The summed E-state index contributed by atoms with van der Waals surface area (Å²) in [6, 6.07) is 18.1. The lowest BCUT2D eigenvalue weighted by atomic mass is 10.1. The summed E-state index contributed by atoms with van der Waals surface area (Å²) < 4.78 is 5.51. The fraction of sp³-hybridized carbons (Fsp3) is 0.348. The third-order valence-corrected chi connectivity index (χ3v) is 4.85. The average Bonchev–Trinajstić information content (AvgIpc) is 2.72. The highest BCUT2D eigenvalue weighted by Crippen LogP contribution is 2.28. The van der Waals surface area contributed by atoms with E-state index in [4.69, 9.17) is 14.7 Å². The number of carbonyl (C=O) groups excluding carboxylic acids is 1. The molecule has 0 saturated carbocycles. The van der Waals surface area contributed by atoms with E-state index in [-0.39, 0.29) is 6.09 Å². The first-order valence-electron chi connectivity index (χ1n) is 9.96. The van der Waals surface area contributed by atoms with Crippen molar-refractivity contribution in [1.29, 1.82) is 0 Å². The zero-order valence-corrected chi connectivity index (χ0v) is 17.1. The number of hydrogen-bond donors (Lipinski definition) is 0. The van der Waals surface area contributed by atoms with Crippen LogP contribution in [-0.4, -0.2) is 52.7 Å². The molecular formula is C23H26N4O2. The number of hydrogen-bond acceptors (Lipinski definition) is 5. The first-order chi connectivity index (χ1) is 13.9. The fourth-order valence-corrected chi connectivity index (χ4v) is 3.44. The van der Waals surface area contributed by atoms with Gasteiger partial charge in [0.15, 0.2) is 5.82 Å². The van der Waals surface area contributed by atoms with Crippen molar-refractivity contribution in [2.45, 2.75) is 26.4 Å². The van der Waals surface area contributed by atoms with Crippen molar-refractivity contribution in [3.8, 4) is 11.4 Å². The van der Waals surface area contributed by atoms with Crippen LogP contribution in [0.2, 0.25) is 0 Å². The van der Waals surface area contributed by atoms with Crippen LogP contribution < -0.4 is 4.90 Å². The van der Waals surface area contributed by atoms with Crippen LogP contribution in [0.5, 0.6) is 0 Å². The summed E-state index contributed by atoms with van der Waals surface area (Å²) in [6.45, 7) is 8.28. The van der Waals surface area contributed by atoms with Crippen molar-refractivity contribution in [3.05, 3.63) is 54.6 Å². The molecule has 1 aromatic heterocycles. The average molecular weight is 390 g/mol. The molecule has 1 amide bonds. The van der Waals surface area contributed by atoms with Gasteiger partial charge in [-0.1, -0.05) is 42.5 Å². The Balaban J connectivity index is 1.60. The number of anilines is 1. The highest BCUT2D eigenvalue weighted by molar-refractivity contribution is 5.91. The number of benzene rings is 2. The lowest BCUT2D eigenvalue weighted by Crippen LogP contribution is -2.50. The molecule has 1 aliphatic rings. The maximum atomic E-state index is 12.4. The van der Waals surface area contributed by atoms with Gasteiger partial charge in [0.25, 0.3) is 0 Å². The molecule has 1 aliphatic heterocycles. The Morgan fingerprint density at radius 2 is 1.55 bits per heavy atom. The van der Waals surface area contributed by atoms with Gasteiger partial charge in [0.05, 0.1) is 5.52 Å². The van der Waals surface area contributed by atoms with Crippen LogP contribution in [0.4, 0.5) is 10.6 Å². The molecule has 0 atom stereocenters. The van der Waals surface area contributed by atoms with E-state index in [0.29, 0.717) is 32.0 Å². The van der Waals surface area contributed by atoms with Gasteiger partial charge < -0.3 is 14.5 Å². The molecule has 0 aliphatic carbocycles. The number of fused-ring (bicyclic) bond motifs is 1. The molecule has 2 aromatic carbocycles. The number of nitrogens with zero attached hydrogens (tertiary/aromatic N) is 4. The number of amides is 1. The summed E-state index contributed by atoms with van der Waals surface area (Å²) in [6.07, 6.45) is -0.255. The fourth-order valence-electron chi connectivity index (χ4n) is 3.44. The van der Waals surface area contributed by atoms with Crippen LogP contribution in [0.15, 0.2) is 54.6 Å². The van der Waals surface area contributed by atoms with E-state index in [9.17, 15) is 4.79 Å². The molecule has 150 valence electrons. The highest BCUT2D eigenvalue weighted by Gasteiger charge is 2.27. The summed E-state index contributed by atoms with van der Waals surface area (Å²) in [5, 5.41) is 1.03. The maximum absolute atomic E-state index is 12.4. The van der Waals surface area contributed by atoms with E-state index in [1.165, 1.54) is 0 Å². The number of aromatic nitrogens is 2. The van der Waals surface area contributed by atoms with Crippen LogP contribution in [0.1, 0.15) is 20.8 Å². The van der Waals surface area contributed by atoms with Crippen LogP contribution in [-0.2, 0) is 4.74 Å². The zero-order chi connectivity index (χ0) is 20.4. The molecule has 1 saturated heterocycles. The van der Waals surface area contributed by atoms with E-state index >= 15 is 0 Å². The molecule has 0 spiro atoms. The minimum atomic E-state index is -0.484. The number of para-hydroxylation sites is 1. The van der Waals surface area contributed by atoms with Crippen LogP contribution in [0, 0.1) is 0 Å². The summed E-state index contributed by atoms with van der Waals surface area (Å²) in [5.41, 5.74) is 1.43. The van der Waals surface area contributed by atoms with Crippen LogP contribution in [0.3, 0.4) is 0 Å². The monoisotopic (exact) mass is 390 g/mol. The third-order valence-electron chi connectivity index (χ3n) is 4.85. The van der Waals surface area contributed by atoms with Gasteiger partial charge >= 0.3 is 6.09 Å². The standard InChI is InChI=1S/C23H26N4O2/c1-23(2,3)29-22(28)27-15-13-26(14-16-27)21-18-11-7-8-12-19(18)24-20(25-21)17-9-5-4-6-10-17/h4-12H,13-16H2,1-3H3. The molecule has 29 heavy (non-hydrogen) atoms. The predicted molar refractivity (Wildman–Crippen MR) is 115 cm³/mol. The van der Waals surface area contributed by atoms with Gasteiger partial charge in [-0.05, 0) is 32.9 Å². The highest BCUT2D eigenvalue weighted by atomic mass is 16.6. The number of rotatable bonds is 2. The van der Waals surface area contributed by atoms with E-state index < -0.39 is 5.60 Å². The van der Waals surface area contributed by atoms with E-state index in [1.807, 2.05) is 69.3 Å². The molecule has 0 unspecified atom stereocenters. The maximum Gasteiger partial charge on any atom is 0.410 e. The number of ether oxygens (including phenoxy) is 1. The molecule has 4 rings (SSSR count). The quantitative estimate of drug-likeness (QED) is 0.651. The molecule has 0 N–H and O–H groups in total. The Morgan fingerprint density at radius 1 is 0.897 bits per heavy atom. The van der Waals surface area contributed by atoms with E-state index in [2.05, 4.69) is 11.0 Å². The zero-order valence-electron chi connectivity index (χ0n) is 17.1. The second-order valence-corrected chi connectivity index (χ2v) is 8.21. The van der Waals surface area contributed by atoms with Crippen molar-refractivity contribution >= 4 is 22.8 Å². The summed E-state index contributed by atoms with van der Waals surface area (Å²) in [5.74, 6) is 1.63. The van der Waals surface area contributed by atoms with Gasteiger partial charge in [0, 0.05) is 37.1 Å². The largest absolute Gasteiger partial charge is 0.444 e. The van der Waals surface area contributed by atoms with E-state index in [1.54, 1.807) is 4.90 Å². The molecule has 6 nitrogen and oxygen atoms in total. The first-order valence-corrected chi connectivity index (χ1v) is 9.96. The Labute approximate surface area is 171 Å². The molecule has 1 fully saturated rings. The molecule has 2 heterocycles. The van der Waals surface area contributed by atoms with Gasteiger partial charge in [-0.25, -0.2) is 14.8 Å². The lowest BCUT2D eigenvalue weighted by Gasteiger charge is -2.36. The van der Waals surface area contributed by atoms with Crippen molar-refractivity contribution < 1.29 is 9.53 Å². The number of carbonyl (C=O) groups is 1. The van der Waals surface area contributed by atoms with Gasteiger partial charge in [0.2, 0.25) is 0 Å². The molecule has 0 bridgehead atoms. The van der Waals surface area contributed by atoms with Gasteiger partial charge in [-0.3, -0.25) is 0 Å². The number of piperazine rings is 1. The van der Waals surface area contributed by atoms with Crippen molar-refractivity contribution in [3.63, 3.8) is 0 Å². The second kappa shape index (κ2) is 7.70. The van der Waals surface area contributed by atoms with Crippen molar-refractivity contribution in [2.24, 2.45) is 0 Å². The summed E-state index contributed by atoms with van der Waals surface area (Å²) >= 11 is 0. The molecule has 3 aromatic rings. The van der Waals surface area contributed by atoms with Crippen LogP contribution >= 0.6 is 0 Å². The minimum Gasteiger partial charge on any atom is -0.444 e. The summed E-state index contributed by atoms with van der Waals surface area (Å²) in [7, 11) is 0.